The van der Waals surface area contributed by atoms with Crippen molar-refractivity contribution < 1.29 is 0 Å². The number of benzene rings is 1. The van der Waals surface area contributed by atoms with E-state index >= 15 is 0 Å². The summed E-state index contributed by atoms with van der Waals surface area (Å²) in [5.74, 6) is 0. The summed E-state index contributed by atoms with van der Waals surface area (Å²) < 4.78 is 2.74. The van der Waals surface area contributed by atoms with Gasteiger partial charge in [0.05, 0.1) is 5.69 Å². The van der Waals surface area contributed by atoms with Gasteiger partial charge in [-0.1, -0.05) is 39.7 Å². The van der Waals surface area contributed by atoms with Gasteiger partial charge in [-0.25, -0.2) is 0 Å². The molecule has 1 heterocycles. The predicted octanol–water partition coefficient (Wildman–Crippen LogP) is 3.51. The number of halogens is 2. The van der Waals surface area contributed by atoms with Crippen molar-refractivity contribution in [3.63, 3.8) is 0 Å². The first-order valence-electron chi connectivity index (χ1n) is 6.63. The van der Waals surface area contributed by atoms with Crippen molar-refractivity contribution in [1.82, 2.24) is 20.3 Å². The summed E-state index contributed by atoms with van der Waals surface area (Å²) in [6, 6.07) is 6.06. The maximum Gasteiger partial charge on any atom is 0.0845 e. The molecular formula is C14H18BrClN4. The van der Waals surface area contributed by atoms with E-state index in [4.69, 9.17) is 11.6 Å². The molecule has 1 atom stereocenters. The fourth-order valence-electron chi connectivity index (χ4n) is 2.09. The second-order valence-electron chi connectivity index (χ2n) is 4.76. The van der Waals surface area contributed by atoms with Crippen LogP contribution in [0.5, 0.6) is 0 Å². The molecule has 1 unspecified atom stereocenters. The third kappa shape index (κ3) is 4.04. The Morgan fingerprint density at radius 2 is 2.25 bits per heavy atom. The van der Waals surface area contributed by atoms with Crippen molar-refractivity contribution in [3.8, 4) is 0 Å². The first-order valence-corrected chi connectivity index (χ1v) is 7.80. The maximum atomic E-state index is 6.34. The Balaban J connectivity index is 2.24. The topological polar surface area (TPSA) is 42.7 Å². The highest BCUT2D eigenvalue weighted by Crippen LogP contribution is 2.28. The molecule has 0 saturated carbocycles. The molecule has 4 nitrogen and oxygen atoms in total. The molecule has 0 saturated heterocycles. The van der Waals surface area contributed by atoms with E-state index in [9.17, 15) is 0 Å². The zero-order valence-corrected chi connectivity index (χ0v) is 13.9. The highest BCUT2D eigenvalue weighted by Gasteiger charge is 2.16. The van der Waals surface area contributed by atoms with Crippen LogP contribution in [0.15, 0.2) is 28.9 Å². The van der Waals surface area contributed by atoms with E-state index in [-0.39, 0.29) is 6.04 Å². The SMILES string of the molecule is CCCNC(Cc1cn(C)nn1)c1cc(Br)ccc1Cl. The molecule has 0 fully saturated rings. The van der Waals surface area contributed by atoms with Crippen molar-refractivity contribution in [2.75, 3.05) is 6.54 Å². The van der Waals surface area contributed by atoms with E-state index in [2.05, 4.69) is 44.5 Å². The highest BCUT2D eigenvalue weighted by molar-refractivity contribution is 9.10. The van der Waals surface area contributed by atoms with Gasteiger partial charge in [0.2, 0.25) is 0 Å². The Morgan fingerprint density at radius 3 is 2.90 bits per heavy atom. The van der Waals surface area contributed by atoms with Gasteiger partial charge in [0.25, 0.3) is 0 Å². The van der Waals surface area contributed by atoms with Gasteiger partial charge >= 0.3 is 0 Å². The van der Waals surface area contributed by atoms with Gasteiger partial charge < -0.3 is 5.32 Å². The Bertz CT molecular complexity index is 570. The number of nitrogens with one attached hydrogen (secondary N) is 1. The predicted molar refractivity (Wildman–Crippen MR) is 84.9 cm³/mol. The third-order valence-electron chi connectivity index (χ3n) is 3.04. The largest absolute Gasteiger partial charge is 0.310 e. The zero-order chi connectivity index (χ0) is 14.5. The summed E-state index contributed by atoms with van der Waals surface area (Å²) in [5.41, 5.74) is 2.04. The van der Waals surface area contributed by atoms with Crippen LogP contribution < -0.4 is 5.32 Å². The van der Waals surface area contributed by atoms with Crippen molar-refractivity contribution >= 4 is 27.5 Å². The van der Waals surface area contributed by atoms with Gasteiger partial charge in [-0.05, 0) is 36.7 Å². The summed E-state index contributed by atoms with van der Waals surface area (Å²) in [5, 5.41) is 12.4. The quantitative estimate of drug-likeness (QED) is 0.860. The highest BCUT2D eigenvalue weighted by atomic mass is 79.9. The van der Waals surface area contributed by atoms with Gasteiger partial charge in [-0.15, -0.1) is 5.10 Å². The normalized spacial score (nSPS) is 12.6. The molecule has 2 rings (SSSR count). The minimum absolute atomic E-state index is 0.136. The number of rotatable bonds is 6. The lowest BCUT2D eigenvalue weighted by Gasteiger charge is -2.19. The molecule has 1 aromatic carbocycles. The maximum absolute atomic E-state index is 6.34. The average molecular weight is 358 g/mol. The molecule has 0 aliphatic heterocycles. The molecule has 2 aromatic rings. The van der Waals surface area contributed by atoms with Gasteiger partial charge in [0.15, 0.2) is 0 Å². The minimum Gasteiger partial charge on any atom is -0.310 e. The molecule has 0 aliphatic carbocycles. The number of hydrogen-bond acceptors (Lipinski definition) is 3. The van der Waals surface area contributed by atoms with Gasteiger partial charge in [-0.2, -0.15) is 0 Å². The Hall–Kier alpha value is -0.910. The second kappa shape index (κ2) is 7.20. The van der Waals surface area contributed by atoms with Crippen molar-refractivity contribution in [2.24, 2.45) is 7.05 Å². The van der Waals surface area contributed by atoms with Gasteiger partial charge in [0, 0.05) is 35.2 Å². The van der Waals surface area contributed by atoms with E-state index in [1.165, 1.54) is 0 Å². The molecule has 6 heteroatoms. The lowest BCUT2D eigenvalue weighted by molar-refractivity contribution is 0.524. The summed E-state index contributed by atoms with van der Waals surface area (Å²) in [6.07, 6.45) is 3.78. The van der Waals surface area contributed by atoms with Crippen LogP contribution in [0, 0.1) is 0 Å². The van der Waals surface area contributed by atoms with Crippen LogP contribution in [0.3, 0.4) is 0 Å². The first kappa shape index (κ1) is 15.5. The fraction of sp³-hybridized carbons (Fsp3) is 0.429. The van der Waals surface area contributed by atoms with Crippen molar-refractivity contribution in [3.05, 3.63) is 45.1 Å². The van der Waals surface area contributed by atoms with Crippen LogP contribution in [0.4, 0.5) is 0 Å². The summed E-state index contributed by atoms with van der Waals surface area (Å²) in [4.78, 5) is 0. The Morgan fingerprint density at radius 1 is 1.45 bits per heavy atom. The van der Waals surface area contributed by atoms with Gasteiger partial charge in [-0.3, -0.25) is 4.68 Å². The minimum atomic E-state index is 0.136. The number of aryl methyl sites for hydroxylation is 1. The monoisotopic (exact) mass is 356 g/mol. The van der Waals surface area contributed by atoms with Crippen molar-refractivity contribution in [1.29, 1.82) is 0 Å². The van der Waals surface area contributed by atoms with Crippen LogP contribution >= 0.6 is 27.5 Å². The van der Waals surface area contributed by atoms with Crippen molar-refractivity contribution in [2.45, 2.75) is 25.8 Å². The molecular weight excluding hydrogens is 340 g/mol. The van der Waals surface area contributed by atoms with Gasteiger partial charge in [0.1, 0.15) is 0 Å². The van der Waals surface area contributed by atoms with E-state index in [1.54, 1.807) is 4.68 Å². The lowest BCUT2D eigenvalue weighted by atomic mass is 10.0. The average Bonchev–Trinajstić information content (AvgIpc) is 2.83. The smallest absolute Gasteiger partial charge is 0.0845 e. The van der Waals surface area contributed by atoms with E-state index < -0.39 is 0 Å². The fourth-order valence-corrected chi connectivity index (χ4v) is 2.72. The van der Waals surface area contributed by atoms with E-state index in [0.29, 0.717) is 0 Å². The molecule has 0 amide bonds. The lowest BCUT2D eigenvalue weighted by Crippen LogP contribution is -2.24. The summed E-state index contributed by atoms with van der Waals surface area (Å²) in [6.45, 7) is 3.09. The van der Waals surface area contributed by atoms with Crippen LogP contribution in [-0.4, -0.2) is 21.5 Å². The van der Waals surface area contributed by atoms with Crippen LogP contribution in [-0.2, 0) is 13.5 Å². The molecule has 0 aliphatic rings. The van der Waals surface area contributed by atoms with Crippen LogP contribution in [0.25, 0.3) is 0 Å². The van der Waals surface area contributed by atoms with Crippen LogP contribution in [0.2, 0.25) is 5.02 Å². The third-order valence-corrected chi connectivity index (χ3v) is 3.88. The Kier molecular flexibility index (Phi) is 5.57. The number of nitrogens with zero attached hydrogens (tertiary/aromatic N) is 3. The standard InChI is InChI=1S/C14H18BrClN4/c1-3-6-17-14(8-11-9-20(2)19-18-11)12-7-10(15)4-5-13(12)16/h4-5,7,9,14,17H,3,6,8H2,1-2H3. The molecule has 20 heavy (non-hydrogen) atoms. The Labute approximate surface area is 132 Å². The number of hydrogen-bond donors (Lipinski definition) is 1. The van der Waals surface area contributed by atoms with E-state index in [0.717, 1.165) is 40.1 Å². The molecule has 108 valence electrons. The van der Waals surface area contributed by atoms with Crippen LogP contribution in [0.1, 0.15) is 30.6 Å². The molecule has 0 bridgehead atoms. The molecule has 1 aromatic heterocycles. The molecule has 0 spiro atoms. The zero-order valence-electron chi connectivity index (χ0n) is 11.6. The summed E-state index contributed by atoms with van der Waals surface area (Å²) in [7, 11) is 1.87. The molecule has 0 radical (unpaired) electrons. The molecule has 1 N–H and O–H groups in total. The van der Waals surface area contributed by atoms with E-state index in [1.807, 2.05) is 25.4 Å². The second-order valence-corrected chi connectivity index (χ2v) is 6.08. The summed E-state index contributed by atoms with van der Waals surface area (Å²) >= 11 is 9.84. The first-order chi connectivity index (χ1) is 9.60. The number of aromatic nitrogens is 3.